The first kappa shape index (κ1) is 41.5. The van der Waals surface area contributed by atoms with Crippen LogP contribution in [0.4, 0.5) is 0 Å². The molecule has 0 aliphatic carbocycles. The van der Waals surface area contributed by atoms with Gasteiger partial charge in [0.25, 0.3) is 0 Å². The number of phenolic OH excluding ortho intramolecular Hbond substituents is 4. The molecule has 54 heavy (non-hydrogen) atoms. The maximum absolute atomic E-state index is 8.94. The molecule has 7 rings (SSSR count). The monoisotopic (exact) mass is 722 g/mol. The summed E-state index contributed by atoms with van der Waals surface area (Å²) < 4.78 is 0. The Balaban J connectivity index is 0.000000184. The molecular formula is C44H46N6O4. The van der Waals surface area contributed by atoms with Crippen molar-refractivity contribution < 1.29 is 20.4 Å². The first-order valence-electron chi connectivity index (χ1n) is 17.0. The molecule has 0 atom stereocenters. The molecule has 0 saturated carbocycles. The fraction of sp³-hybridized carbons (Fsp3) is 0.136. The molecule has 276 valence electrons. The van der Waals surface area contributed by atoms with Crippen molar-refractivity contribution in [2.75, 3.05) is 0 Å². The van der Waals surface area contributed by atoms with E-state index in [0.717, 1.165) is 45.3 Å². The first-order chi connectivity index (χ1) is 26.0. The van der Waals surface area contributed by atoms with E-state index in [1.54, 1.807) is 63.2 Å². The van der Waals surface area contributed by atoms with E-state index in [1.165, 1.54) is 24.3 Å². The van der Waals surface area contributed by atoms with Gasteiger partial charge in [0.1, 0.15) is 23.0 Å². The average molecular weight is 723 g/mol. The van der Waals surface area contributed by atoms with Gasteiger partial charge in [-0.05, 0) is 125 Å². The first-order valence-corrected chi connectivity index (χ1v) is 17.0. The quantitative estimate of drug-likeness (QED) is 0.138. The van der Waals surface area contributed by atoms with Crippen LogP contribution in [0.2, 0.25) is 0 Å². The van der Waals surface area contributed by atoms with Gasteiger partial charge in [-0.15, -0.1) is 0 Å². The zero-order valence-corrected chi connectivity index (χ0v) is 31.3. The number of hydrogen-bond acceptors (Lipinski definition) is 10. The summed E-state index contributed by atoms with van der Waals surface area (Å²) in [6.45, 7) is 11.2. The second-order valence-electron chi connectivity index (χ2n) is 11.7. The number of rotatable bonds is 3. The third kappa shape index (κ3) is 14.4. The maximum atomic E-state index is 8.94. The third-order valence-electron chi connectivity index (χ3n) is 7.74. The van der Waals surface area contributed by atoms with Crippen LogP contribution in [0.5, 0.6) is 23.0 Å². The van der Waals surface area contributed by atoms with Gasteiger partial charge < -0.3 is 20.4 Å². The lowest BCUT2D eigenvalue weighted by atomic mass is 10.2. The summed E-state index contributed by atoms with van der Waals surface area (Å²) in [5.74, 6) is 0.537. The number of nitrogens with zero attached hydrogens (tertiary/aromatic N) is 6. The van der Waals surface area contributed by atoms with Gasteiger partial charge >= 0.3 is 0 Å². The smallest absolute Gasteiger partial charge is 0.122 e. The fourth-order valence-electron chi connectivity index (χ4n) is 4.22. The van der Waals surface area contributed by atoms with Gasteiger partial charge in [-0.1, -0.05) is 36.4 Å². The van der Waals surface area contributed by atoms with Gasteiger partial charge in [-0.25, -0.2) is 0 Å². The van der Waals surface area contributed by atoms with E-state index in [0.29, 0.717) is 11.1 Å². The van der Waals surface area contributed by atoms with Gasteiger partial charge in [-0.3, -0.25) is 29.9 Å². The topological polar surface area (TPSA) is 158 Å². The highest BCUT2D eigenvalue weighted by Crippen LogP contribution is 2.24. The standard InChI is InChI=1S/C12H10N2.C10H8N2.C8H12N2.2C7H8O2/c1(11-3-7-13-8-4-11)2-12-5-9-14-10-6-12;1-3-7-11-9(5-1)10-6-2-4-8-12-10;1-5-6(2)10-8(4)7(3)9-5;2*1-5-6(8)3-2-4-7(5)9/h1-10H;1-8H;1-4H3;2*2-4,8-9H,1H3/b2-1+;;;;. The molecule has 2 aromatic carbocycles. The van der Waals surface area contributed by atoms with Crippen LogP contribution in [0.1, 0.15) is 45.0 Å². The normalized spacial score (nSPS) is 9.89. The minimum atomic E-state index is 0.134. The van der Waals surface area contributed by atoms with E-state index in [4.69, 9.17) is 20.4 Å². The predicted octanol–water partition coefficient (Wildman–Crippen LogP) is 9.31. The van der Waals surface area contributed by atoms with Crippen LogP contribution in [0, 0.1) is 41.5 Å². The van der Waals surface area contributed by atoms with Gasteiger partial charge in [0.15, 0.2) is 0 Å². The summed E-state index contributed by atoms with van der Waals surface area (Å²) in [6.07, 6.45) is 14.8. The molecular weight excluding hydrogens is 677 g/mol. The number of benzene rings is 2. The molecule has 7 aromatic rings. The van der Waals surface area contributed by atoms with Crippen molar-refractivity contribution in [3.63, 3.8) is 0 Å². The van der Waals surface area contributed by atoms with Gasteiger partial charge in [0, 0.05) is 48.3 Å². The Morgan fingerprint density at radius 2 is 0.685 bits per heavy atom. The van der Waals surface area contributed by atoms with Crippen LogP contribution in [0.3, 0.4) is 0 Å². The average Bonchev–Trinajstić information content (AvgIpc) is 3.20. The van der Waals surface area contributed by atoms with E-state index >= 15 is 0 Å². The van der Waals surface area contributed by atoms with E-state index in [2.05, 4.69) is 42.1 Å². The maximum Gasteiger partial charge on any atom is 0.122 e. The summed E-state index contributed by atoms with van der Waals surface area (Å²) in [4.78, 5) is 24.9. The Morgan fingerprint density at radius 3 is 0.944 bits per heavy atom. The summed E-state index contributed by atoms with van der Waals surface area (Å²) >= 11 is 0. The second kappa shape index (κ2) is 22.1. The van der Waals surface area contributed by atoms with Crippen molar-refractivity contribution in [2.45, 2.75) is 41.5 Å². The Labute approximate surface area is 317 Å². The number of aromatic nitrogens is 6. The number of aromatic hydroxyl groups is 4. The van der Waals surface area contributed by atoms with Crippen LogP contribution in [0.15, 0.2) is 134 Å². The SMILES string of the molecule is C(=C\c1ccncc1)/c1ccncc1.Cc1c(O)cccc1O.Cc1c(O)cccc1O.Cc1nc(C)c(C)nc1C.c1ccc(-c2ccccn2)nc1. The molecule has 4 N–H and O–H groups in total. The zero-order valence-electron chi connectivity index (χ0n) is 31.3. The molecule has 0 spiro atoms. The van der Waals surface area contributed by atoms with Crippen molar-refractivity contribution in [2.24, 2.45) is 0 Å². The van der Waals surface area contributed by atoms with Crippen molar-refractivity contribution >= 4 is 12.2 Å². The summed E-state index contributed by atoms with van der Waals surface area (Å²) in [7, 11) is 0. The van der Waals surface area contributed by atoms with Crippen molar-refractivity contribution in [3.05, 3.63) is 179 Å². The van der Waals surface area contributed by atoms with Gasteiger partial charge in [-0.2, -0.15) is 0 Å². The summed E-state index contributed by atoms with van der Waals surface area (Å²) in [5, 5.41) is 35.8. The Kier molecular flexibility index (Phi) is 17.0. The fourth-order valence-corrected chi connectivity index (χ4v) is 4.22. The molecule has 0 aliphatic rings. The highest BCUT2D eigenvalue weighted by atomic mass is 16.3. The number of pyridine rings is 4. The van der Waals surface area contributed by atoms with Crippen LogP contribution < -0.4 is 0 Å². The van der Waals surface area contributed by atoms with Crippen LogP contribution in [-0.2, 0) is 0 Å². The summed E-state index contributed by atoms with van der Waals surface area (Å²) in [5.41, 5.74) is 9.30. The lowest BCUT2D eigenvalue weighted by molar-refractivity contribution is 0.442. The predicted molar refractivity (Wildman–Crippen MR) is 215 cm³/mol. The lowest BCUT2D eigenvalue weighted by Gasteiger charge is -2.01. The number of hydrogen-bond donors (Lipinski definition) is 4. The molecule has 0 amide bonds. The Hall–Kier alpha value is -6.94. The third-order valence-corrected chi connectivity index (χ3v) is 7.74. The van der Waals surface area contributed by atoms with Crippen molar-refractivity contribution in [1.29, 1.82) is 0 Å². The van der Waals surface area contributed by atoms with E-state index in [1.807, 2.05) is 88.4 Å². The molecule has 0 fully saturated rings. The molecule has 0 radical (unpaired) electrons. The van der Waals surface area contributed by atoms with Crippen molar-refractivity contribution in [1.82, 2.24) is 29.9 Å². The van der Waals surface area contributed by atoms with E-state index in [9.17, 15) is 0 Å². The van der Waals surface area contributed by atoms with Gasteiger partial charge in [0.05, 0.1) is 34.2 Å². The molecule has 0 unspecified atom stereocenters. The van der Waals surface area contributed by atoms with Crippen LogP contribution in [-0.4, -0.2) is 50.3 Å². The minimum Gasteiger partial charge on any atom is -0.508 e. The highest BCUT2D eigenvalue weighted by molar-refractivity contribution is 5.68. The second-order valence-corrected chi connectivity index (χ2v) is 11.7. The Morgan fingerprint density at radius 1 is 0.370 bits per heavy atom. The number of phenols is 4. The molecule has 10 nitrogen and oxygen atoms in total. The Bertz CT molecular complexity index is 1950. The summed E-state index contributed by atoms with van der Waals surface area (Å²) in [6, 6.07) is 28.8. The van der Waals surface area contributed by atoms with Crippen LogP contribution >= 0.6 is 0 Å². The van der Waals surface area contributed by atoms with Crippen LogP contribution in [0.25, 0.3) is 23.5 Å². The highest BCUT2D eigenvalue weighted by Gasteiger charge is 2.00. The molecule has 0 bridgehead atoms. The zero-order chi connectivity index (χ0) is 39.3. The lowest BCUT2D eigenvalue weighted by Crippen LogP contribution is -1.97. The minimum absolute atomic E-state index is 0.134. The largest absolute Gasteiger partial charge is 0.508 e. The molecule has 5 aromatic heterocycles. The molecule has 0 saturated heterocycles. The van der Waals surface area contributed by atoms with Crippen molar-refractivity contribution in [3.8, 4) is 34.4 Å². The van der Waals surface area contributed by atoms with E-state index in [-0.39, 0.29) is 23.0 Å². The van der Waals surface area contributed by atoms with Gasteiger partial charge in [0.2, 0.25) is 0 Å². The number of aryl methyl sites for hydroxylation is 4. The molecule has 10 heteroatoms. The molecule has 0 aliphatic heterocycles. The van der Waals surface area contributed by atoms with E-state index < -0.39 is 0 Å². The molecule has 5 heterocycles.